The number of hydrogen-bond acceptors (Lipinski definition) is 4. The first-order chi connectivity index (χ1) is 11.7. The van der Waals surface area contributed by atoms with E-state index in [1.54, 1.807) is 30.3 Å². The van der Waals surface area contributed by atoms with Crippen molar-refractivity contribution in [3.05, 3.63) is 69.8 Å². The van der Waals surface area contributed by atoms with Gasteiger partial charge in [-0.25, -0.2) is 4.79 Å². The second kappa shape index (κ2) is 7.21. The summed E-state index contributed by atoms with van der Waals surface area (Å²) < 4.78 is 0. The molecule has 0 heterocycles. The molecular formula is C20H18O5. The van der Waals surface area contributed by atoms with E-state index in [9.17, 15) is 19.2 Å². The highest BCUT2D eigenvalue weighted by Crippen LogP contribution is 2.19. The maximum Gasteiger partial charge on any atom is 0.336 e. The number of rotatable bonds is 6. The van der Waals surface area contributed by atoms with Crippen LogP contribution >= 0.6 is 0 Å². The van der Waals surface area contributed by atoms with Crippen LogP contribution in [-0.2, 0) is 6.42 Å². The molecule has 0 aromatic heterocycles. The van der Waals surface area contributed by atoms with Gasteiger partial charge in [0.2, 0.25) is 0 Å². The van der Waals surface area contributed by atoms with Crippen LogP contribution in [0.4, 0.5) is 0 Å². The van der Waals surface area contributed by atoms with E-state index in [0.29, 0.717) is 17.5 Å². The van der Waals surface area contributed by atoms with Crippen LogP contribution in [-0.4, -0.2) is 28.4 Å². The second-order valence-corrected chi connectivity index (χ2v) is 5.91. The zero-order valence-electron chi connectivity index (χ0n) is 14.3. The average Bonchev–Trinajstić information content (AvgIpc) is 2.54. The molecule has 2 aromatic rings. The summed E-state index contributed by atoms with van der Waals surface area (Å²) in [5.74, 6) is -1.85. The lowest BCUT2D eigenvalue weighted by Gasteiger charge is -2.10. The van der Waals surface area contributed by atoms with E-state index >= 15 is 0 Å². The molecule has 0 aliphatic rings. The molecule has 25 heavy (non-hydrogen) atoms. The number of carbonyl (C=O) groups is 4. The highest BCUT2D eigenvalue weighted by Gasteiger charge is 2.15. The Labute approximate surface area is 145 Å². The van der Waals surface area contributed by atoms with E-state index in [2.05, 4.69) is 0 Å². The predicted octanol–water partition coefficient (Wildman–Crippen LogP) is 3.58. The fourth-order valence-electron chi connectivity index (χ4n) is 2.71. The van der Waals surface area contributed by atoms with Crippen LogP contribution in [0.1, 0.15) is 73.3 Å². The summed E-state index contributed by atoms with van der Waals surface area (Å²) in [7, 11) is 0. The number of carboxylic acid groups (broad SMARTS) is 1. The van der Waals surface area contributed by atoms with Gasteiger partial charge in [-0.1, -0.05) is 18.2 Å². The van der Waals surface area contributed by atoms with Gasteiger partial charge in [-0.15, -0.1) is 0 Å². The van der Waals surface area contributed by atoms with E-state index in [0.717, 1.165) is 11.1 Å². The topological polar surface area (TPSA) is 88.5 Å². The third kappa shape index (κ3) is 4.07. The summed E-state index contributed by atoms with van der Waals surface area (Å²) in [5.41, 5.74) is 2.40. The molecule has 2 rings (SSSR count). The molecule has 5 nitrogen and oxygen atoms in total. The molecule has 0 fully saturated rings. The normalized spacial score (nSPS) is 10.4. The van der Waals surface area contributed by atoms with Crippen LogP contribution in [0.3, 0.4) is 0 Å². The summed E-state index contributed by atoms with van der Waals surface area (Å²) in [5, 5.41) is 9.15. The second-order valence-electron chi connectivity index (χ2n) is 5.91. The van der Waals surface area contributed by atoms with Crippen molar-refractivity contribution in [1.29, 1.82) is 0 Å². The van der Waals surface area contributed by atoms with Gasteiger partial charge in [0, 0.05) is 16.7 Å². The molecule has 0 bridgehead atoms. The first kappa shape index (κ1) is 18.3. The number of hydrogen-bond donors (Lipinski definition) is 1. The molecule has 0 atom stereocenters. The fraction of sp³-hybridized carbons (Fsp3) is 0.200. The van der Waals surface area contributed by atoms with E-state index in [4.69, 9.17) is 5.11 Å². The highest BCUT2D eigenvalue weighted by molar-refractivity contribution is 6.07. The van der Waals surface area contributed by atoms with E-state index in [-0.39, 0.29) is 28.5 Å². The quantitative estimate of drug-likeness (QED) is 0.813. The van der Waals surface area contributed by atoms with Crippen LogP contribution < -0.4 is 0 Å². The summed E-state index contributed by atoms with van der Waals surface area (Å²) in [4.78, 5) is 46.3. The molecule has 128 valence electrons. The van der Waals surface area contributed by atoms with Gasteiger partial charge < -0.3 is 5.11 Å². The van der Waals surface area contributed by atoms with Gasteiger partial charge in [0.1, 0.15) is 0 Å². The predicted molar refractivity (Wildman–Crippen MR) is 92.7 cm³/mol. The van der Waals surface area contributed by atoms with Crippen molar-refractivity contribution in [3.8, 4) is 0 Å². The summed E-state index contributed by atoms with van der Waals surface area (Å²) >= 11 is 0. The number of aromatic carboxylic acids is 1. The van der Waals surface area contributed by atoms with E-state index in [1.807, 2.05) is 0 Å². The highest BCUT2D eigenvalue weighted by atomic mass is 16.4. The van der Waals surface area contributed by atoms with Crippen molar-refractivity contribution < 1.29 is 24.3 Å². The summed E-state index contributed by atoms with van der Waals surface area (Å²) in [6.07, 6.45) is 0.415. The van der Waals surface area contributed by atoms with Crippen LogP contribution in [0.2, 0.25) is 0 Å². The Bertz CT molecular complexity index is 819. The molecule has 5 heteroatoms. The molecule has 2 aromatic carbocycles. The van der Waals surface area contributed by atoms with Gasteiger partial charge in [0.05, 0.1) is 5.56 Å². The van der Waals surface area contributed by atoms with Gasteiger partial charge in [-0.3, -0.25) is 14.4 Å². The van der Waals surface area contributed by atoms with E-state index in [1.165, 1.54) is 26.8 Å². The molecule has 0 unspecified atom stereocenters. The SMILES string of the molecule is CC(=O)c1ccc(Cc2ccc(C(=O)O)c(C(C)=O)c2)cc1C(C)=O. The van der Waals surface area contributed by atoms with Crippen LogP contribution in [0.15, 0.2) is 36.4 Å². The van der Waals surface area contributed by atoms with Gasteiger partial charge in [0.15, 0.2) is 17.3 Å². The number of Topliss-reactive ketones (excluding diaryl/α,β-unsaturated/α-hetero) is 3. The molecule has 0 spiro atoms. The maximum atomic E-state index is 11.8. The third-order valence-corrected chi connectivity index (χ3v) is 3.94. The Kier molecular flexibility index (Phi) is 5.27. The minimum absolute atomic E-state index is 0.0346. The lowest BCUT2D eigenvalue weighted by Crippen LogP contribution is -2.08. The zero-order valence-corrected chi connectivity index (χ0v) is 14.3. The smallest absolute Gasteiger partial charge is 0.336 e. The van der Waals surface area contributed by atoms with Crippen molar-refractivity contribution in [2.45, 2.75) is 27.2 Å². The van der Waals surface area contributed by atoms with Gasteiger partial charge in [0.25, 0.3) is 0 Å². The molecule has 1 N–H and O–H groups in total. The average molecular weight is 338 g/mol. The molecule has 0 saturated heterocycles. The Balaban J connectivity index is 2.43. The van der Waals surface area contributed by atoms with Gasteiger partial charge in [-0.05, 0) is 56.5 Å². The van der Waals surface area contributed by atoms with Crippen molar-refractivity contribution >= 4 is 23.3 Å². The fourth-order valence-corrected chi connectivity index (χ4v) is 2.71. The lowest BCUT2D eigenvalue weighted by atomic mass is 9.94. The molecule has 0 aliphatic carbocycles. The monoisotopic (exact) mass is 338 g/mol. The Morgan fingerprint density at radius 2 is 1.08 bits per heavy atom. The van der Waals surface area contributed by atoms with Crippen LogP contribution in [0.5, 0.6) is 0 Å². The Morgan fingerprint density at radius 1 is 0.680 bits per heavy atom. The van der Waals surface area contributed by atoms with E-state index < -0.39 is 5.97 Å². The summed E-state index contributed by atoms with van der Waals surface area (Å²) in [6.45, 7) is 4.13. The van der Waals surface area contributed by atoms with Gasteiger partial charge in [-0.2, -0.15) is 0 Å². The number of benzene rings is 2. The molecular weight excluding hydrogens is 320 g/mol. The Hall–Kier alpha value is -3.08. The molecule has 0 radical (unpaired) electrons. The zero-order chi connectivity index (χ0) is 18.7. The van der Waals surface area contributed by atoms with Crippen LogP contribution in [0, 0.1) is 0 Å². The van der Waals surface area contributed by atoms with Crippen molar-refractivity contribution in [2.24, 2.45) is 0 Å². The third-order valence-electron chi connectivity index (χ3n) is 3.94. The minimum Gasteiger partial charge on any atom is -0.478 e. The largest absolute Gasteiger partial charge is 0.478 e. The van der Waals surface area contributed by atoms with Crippen LogP contribution in [0.25, 0.3) is 0 Å². The molecule has 0 amide bonds. The number of carbonyl (C=O) groups excluding carboxylic acids is 3. The first-order valence-electron chi connectivity index (χ1n) is 7.72. The number of carboxylic acids is 1. The number of ketones is 3. The van der Waals surface area contributed by atoms with Crippen molar-refractivity contribution in [3.63, 3.8) is 0 Å². The lowest BCUT2D eigenvalue weighted by molar-refractivity contribution is 0.0692. The first-order valence-corrected chi connectivity index (χ1v) is 7.72. The molecule has 0 aliphatic heterocycles. The van der Waals surface area contributed by atoms with Crippen molar-refractivity contribution in [1.82, 2.24) is 0 Å². The summed E-state index contributed by atoms with van der Waals surface area (Å²) in [6, 6.07) is 9.63. The maximum absolute atomic E-state index is 11.8. The standard InChI is InChI=1S/C20H18O5/c1-11(21)16-6-4-14(9-18(16)12(2)22)8-15-5-7-17(20(24)25)19(10-15)13(3)23/h4-7,9-10H,8H2,1-3H3,(H,24,25). The molecule has 0 saturated carbocycles. The minimum atomic E-state index is -1.15. The van der Waals surface area contributed by atoms with Gasteiger partial charge >= 0.3 is 5.97 Å². The van der Waals surface area contributed by atoms with Crippen molar-refractivity contribution in [2.75, 3.05) is 0 Å². The Morgan fingerprint density at radius 3 is 1.48 bits per heavy atom.